The Morgan fingerprint density at radius 2 is 1.71 bits per heavy atom. The molecule has 2 amide bonds. The van der Waals surface area contributed by atoms with Crippen LogP contribution in [0.15, 0.2) is 36.4 Å². The predicted octanol–water partition coefficient (Wildman–Crippen LogP) is 6.92. The minimum atomic E-state index is -5.38. The molecule has 2 aromatic rings. The van der Waals surface area contributed by atoms with Gasteiger partial charge in [0.1, 0.15) is 30.9 Å². The molecule has 1 saturated heterocycles. The average Bonchev–Trinajstić information content (AvgIpc) is 3.19. The molecule has 1 aliphatic heterocycles. The SMILES string of the molecule is O=Cc1cc(C(/C=C(\F)c2ccc(C(=O)N[C@@H]3CON(CC(F)(F)F)C3=O)c(C(F)(F)F)c2)C(F)(F)F)cc(Cl)c1Cl. The number of benzene rings is 2. The Hall–Kier alpha value is -3.37. The van der Waals surface area contributed by atoms with Gasteiger partial charge in [0.15, 0.2) is 6.29 Å². The maximum atomic E-state index is 15.0. The van der Waals surface area contributed by atoms with E-state index in [9.17, 15) is 53.9 Å². The van der Waals surface area contributed by atoms with Crippen LogP contribution in [0.1, 0.15) is 43.3 Å². The third-order valence-electron chi connectivity index (χ3n) is 5.64. The Bertz CT molecular complexity index is 1420. The molecule has 1 N–H and O–H groups in total. The van der Waals surface area contributed by atoms with Crippen molar-refractivity contribution in [3.8, 4) is 0 Å². The van der Waals surface area contributed by atoms with Crippen LogP contribution in [0, 0.1) is 0 Å². The number of carbonyl (C=O) groups is 3. The molecule has 0 aliphatic carbocycles. The number of allylic oxidation sites excluding steroid dienone is 1. The van der Waals surface area contributed by atoms with Crippen molar-refractivity contribution < 1.29 is 63.1 Å². The first-order valence-corrected chi connectivity index (χ1v) is 11.9. The van der Waals surface area contributed by atoms with E-state index in [-0.39, 0.29) is 28.5 Å². The number of halogens is 12. The Morgan fingerprint density at radius 1 is 1.07 bits per heavy atom. The lowest BCUT2D eigenvalue weighted by molar-refractivity contribution is -0.214. The summed E-state index contributed by atoms with van der Waals surface area (Å²) in [7, 11) is 0. The highest BCUT2D eigenvalue weighted by Gasteiger charge is 2.43. The van der Waals surface area contributed by atoms with Crippen molar-refractivity contribution in [1.29, 1.82) is 0 Å². The van der Waals surface area contributed by atoms with Crippen LogP contribution in [-0.2, 0) is 15.8 Å². The molecule has 6 nitrogen and oxygen atoms in total. The van der Waals surface area contributed by atoms with Crippen molar-refractivity contribution >= 4 is 47.1 Å². The van der Waals surface area contributed by atoms with Gasteiger partial charge in [0, 0.05) is 11.1 Å². The normalized spacial score (nSPS) is 17.4. The number of rotatable bonds is 7. The molecule has 18 heteroatoms. The van der Waals surface area contributed by atoms with E-state index in [2.05, 4.69) is 4.84 Å². The number of aldehydes is 1. The highest BCUT2D eigenvalue weighted by molar-refractivity contribution is 6.43. The number of alkyl halides is 9. The second-order valence-corrected chi connectivity index (χ2v) is 9.41. The van der Waals surface area contributed by atoms with E-state index in [0.717, 1.165) is 0 Å². The Balaban J connectivity index is 1.96. The minimum Gasteiger partial charge on any atom is -0.338 e. The van der Waals surface area contributed by atoms with Crippen molar-refractivity contribution in [2.75, 3.05) is 13.2 Å². The van der Waals surface area contributed by atoms with Crippen LogP contribution in [0.25, 0.3) is 5.83 Å². The van der Waals surface area contributed by atoms with E-state index in [0.29, 0.717) is 24.3 Å². The van der Waals surface area contributed by atoms with Crippen LogP contribution in [0.3, 0.4) is 0 Å². The first kappa shape index (κ1) is 33.1. The second-order valence-electron chi connectivity index (χ2n) is 8.63. The summed E-state index contributed by atoms with van der Waals surface area (Å²) in [4.78, 5) is 40.2. The van der Waals surface area contributed by atoms with Gasteiger partial charge >= 0.3 is 18.5 Å². The van der Waals surface area contributed by atoms with Crippen molar-refractivity contribution in [2.24, 2.45) is 0 Å². The summed E-state index contributed by atoms with van der Waals surface area (Å²) in [6, 6.07) is 0.535. The van der Waals surface area contributed by atoms with Gasteiger partial charge in [-0.05, 0) is 35.9 Å². The molecule has 0 saturated carbocycles. The predicted molar refractivity (Wildman–Crippen MR) is 126 cm³/mol. The maximum Gasteiger partial charge on any atom is 0.417 e. The Kier molecular flexibility index (Phi) is 9.54. The molecule has 1 aliphatic rings. The maximum absolute atomic E-state index is 15.0. The number of hydroxylamine groups is 2. The molecule has 1 heterocycles. The lowest BCUT2D eigenvalue weighted by atomic mass is 9.94. The first-order chi connectivity index (χ1) is 19.2. The quantitative estimate of drug-likeness (QED) is 0.260. The molecule has 42 heavy (non-hydrogen) atoms. The smallest absolute Gasteiger partial charge is 0.338 e. The van der Waals surface area contributed by atoms with Gasteiger partial charge < -0.3 is 5.32 Å². The van der Waals surface area contributed by atoms with Crippen molar-refractivity contribution in [3.05, 3.63) is 74.3 Å². The summed E-state index contributed by atoms with van der Waals surface area (Å²) in [6.45, 7) is -2.69. The van der Waals surface area contributed by atoms with E-state index in [1.807, 2.05) is 0 Å². The fourth-order valence-electron chi connectivity index (χ4n) is 3.74. The number of hydrogen-bond acceptors (Lipinski definition) is 4. The van der Waals surface area contributed by atoms with Crippen LogP contribution in [-0.4, -0.2) is 54.7 Å². The zero-order valence-corrected chi connectivity index (χ0v) is 21.7. The lowest BCUT2D eigenvalue weighted by Crippen LogP contribution is -2.44. The van der Waals surface area contributed by atoms with E-state index in [1.54, 1.807) is 5.32 Å². The summed E-state index contributed by atoms with van der Waals surface area (Å²) in [5.74, 6) is -7.63. The van der Waals surface area contributed by atoms with Crippen LogP contribution < -0.4 is 5.32 Å². The van der Waals surface area contributed by atoms with Crippen LogP contribution in [0.5, 0.6) is 0 Å². The van der Waals surface area contributed by atoms with Gasteiger partial charge in [-0.15, -0.1) is 0 Å². The average molecular weight is 655 g/mol. The highest BCUT2D eigenvalue weighted by Crippen LogP contribution is 2.42. The Morgan fingerprint density at radius 3 is 2.26 bits per heavy atom. The minimum absolute atomic E-state index is 0.0306. The largest absolute Gasteiger partial charge is 0.417 e. The van der Waals surface area contributed by atoms with E-state index >= 15 is 4.39 Å². The fourth-order valence-corrected chi connectivity index (χ4v) is 4.13. The summed E-state index contributed by atoms with van der Waals surface area (Å²) < 4.78 is 135. The number of nitrogens with zero attached hydrogens (tertiary/aromatic N) is 1. The van der Waals surface area contributed by atoms with Crippen LogP contribution >= 0.6 is 23.2 Å². The highest BCUT2D eigenvalue weighted by atomic mass is 35.5. The molecule has 2 aromatic carbocycles. The number of nitrogens with one attached hydrogen (secondary N) is 1. The summed E-state index contributed by atoms with van der Waals surface area (Å²) in [5, 5.41) is 0.777. The molecule has 1 unspecified atom stereocenters. The van der Waals surface area contributed by atoms with Crippen LogP contribution in [0.2, 0.25) is 10.0 Å². The molecule has 0 bridgehead atoms. The fraction of sp³-hybridized carbons (Fsp3) is 0.292. The van der Waals surface area contributed by atoms with E-state index < -0.39 is 94.1 Å². The molecule has 3 rings (SSSR count). The third-order valence-corrected chi connectivity index (χ3v) is 6.46. The van der Waals surface area contributed by atoms with Gasteiger partial charge in [0.25, 0.3) is 11.8 Å². The third kappa shape index (κ3) is 7.72. The van der Waals surface area contributed by atoms with E-state index in [1.165, 1.54) is 0 Å². The zero-order chi connectivity index (χ0) is 31.8. The van der Waals surface area contributed by atoms with Crippen LogP contribution in [0.4, 0.5) is 43.9 Å². The van der Waals surface area contributed by atoms with Crippen molar-refractivity contribution in [3.63, 3.8) is 0 Å². The van der Waals surface area contributed by atoms with Crippen molar-refractivity contribution in [2.45, 2.75) is 30.5 Å². The van der Waals surface area contributed by atoms with Crippen molar-refractivity contribution in [1.82, 2.24) is 10.4 Å². The van der Waals surface area contributed by atoms with Gasteiger partial charge in [0.2, 0.25) is 0 Å². The number of carbonyl (C=O) groups excluding carboxylic acids is 3. The lowest BCUT2D eigenvalue weighted by Gasteiger charge is -2.19. The number of amides is 2. The molecular weight excluding hydrogens is 641 g/mol. The first-order valence-electron chi connectivity index (χ1n) is 11.1. The monoisotopic (exact) mass is 654 g/mol. The molecule has 0 aromatic heterocycles. The standard InChI is InChI=1S/C24H14Cl2F10N2O4/c25-16-5-11(3-12(7-39)19(16)26)14(23(31,32)33)6-17(27)10-1-2-13(15(4-10)24(34,35)36)20(40)37-18-8-42-38(21(18)41)9-22(28,29)30/h1-7,14,18H,8-9H2,(H,37,40)/b17-6-/t14?,18-/m1/s1. The van der Waals surface area contributed by atoms with Gasteiger partial charge in [-0.1, -0.05) is 29.3 Å². The molecule has 228 valence electrons. The van der Waals surface area contributed by atoms with Gasteiger partial charge in [0.05, 0.1) is 21.2 Å². The molecule has 1 fully saturated rings. The molecule has 0 radical (unpaired) electrons. The number of hydrogen-bond donors (Lipinski definition) is 1. The summed E-state index contributed by atoms with van der Waals surface area (Å²) >= 11 is 11.5. The molecular formula is C24H14Cl2F10N2O4. The zero-order valence-electron chi connectivity index (χ0n) is 20.2. The second kappa shape index (κ2) is 12.1. The Labute approximate surface area is 238 Å². The molecule has 0 spiro atoms. The topological polar surface area (TPSA) is 75.7 Å². The molecule has 2 atom stereocenters. The van der Waals surface area contributed by atoms with Gasteiger partial charge in [-0.3, -0.25) is 19.2 Å². The summed E-state index contributed by atoms with van der Waals surface area (Å²) in [5.41, 5.74) is -5.32. The van der Waals surface area contributed by atoms with Gasteiger partial charge in [-0.2, -0.15) is 39.5 Å². The van der Waals surface area contributed by atoms with E-state index in [4.69, 9.17) is 23.2 Å². The summed E-state index contributed by atoms with van der Waals surface area (Å²) in [6.07, 6.45) is -15.5. The van der Waals surface area contributed by atoms with Gasteiger partial charge in [-0.25, -0.2) is 9.45 Å².